The van der Waals surface area contributed by atoms with Crippen molar-refractivity contribution >= 4 is 17.8 Å². The number of nitrogens with zero attached hydrogens (tertiary/aromatic N) is 1. The second-order valence-electron chi connectivity index (χ2n) is 13.0. The number of nitrogens with one attached hydrogen (secondary N) is 1. The molecule has 1 aromatic carbocycles. The van der Waals surface area contributed by atoms with Crippen LogP contribution in [0.15, 0.2) is 18.2 Å². The Hall–Kier alpha value is -2.81. The molecule has 2 saturated carbocycles. The Kier molecular flexibility index (Phi) is 8.22. The maximum absolute atomic E-state index is 13.7. The quantitative estimate of drug-likeness (QED) is 0.277. The Morgan fingerprint density at radius 1 is 1.13 bits per heavy atom. The molecule has 4 rings (SSSR count). The number of phenols is 2. The van der Waals surface area contributed by atoms with Crippen molar-refractivity contribution in [2.75, 3.05) is 6.54 Å². The molecular weight excluding hydrogens is 500 g/mol. The standard InChI is InChI=1S/C30H44N2O7/c1-17(2)13-20(31-26(36)24(35)15-18-8-9-22(33)23(34)14-18)27(37)32-12-6-7-21(32)28(38)39-25-16-19-10-11-30(25,5)29(19,3)4/h8-9,14,17,19-21,24-25,33-35H,6-7,10-13,15-16H2,1-5H3,(H,31,36). The lowest BCUT2D eigenvalue weighted by molar-refractivity contribution is -0.165. The summed E-state index contributed by atoms with van der Waals surface area (Å²) in [6.07, 6.45) is 2.89. The van der Waals surface area contributed by atoms with Gasteiger partial charge in [0.2, 0.25) is 11.8 Å². The minimum Gasteiger partial charge on any atom is -0.504 e. The maximum atomic E-state index is 13.7. The van der Waals surface area contributed by atoms with E-state index in [-0.39, 0.29) is 52.6 Å². The Labute approximate surface area is 230 Å². The number of ether oxygens (including phenoxy) is 1. The zero-order valence-corrected chi connectivity index (χ0v) is 23.8. The number of benzene rings is 1. The van der Waals surface area contributed by atoms with E-state index in [0.717, 1.165) is 19.3 Å². The predicted molar refractivity (Wildman–Crippen MR) is 145 cm³/mol. The van der Waals surface area contributed by atoms with Gasteiger partial charge in [0.15, 0.2) is 11.5 Å². The molecular formula is C30H44N2O7. The van der Waals surface area contributed by atoms with Crippen molar-refractivity contribution in [3.05, 3.63) is 23.8 Å². The predicted octanol–water partition coefficient (Wildman–Crippen LogP) is 3.28. The molecule has 3 aliphatic rings. The van der Waals surface area contributed by atoms with Gasteiger partial charge in [0.1, 0.15) is 24.3 Å². The number of amides is 2. The molecule has 1 saturated heterocycles. The first-order valence-electron chi connectivity index (χ1n) is 14.2. The van der Waals surface area contributed by atoms with Crippen LogP contribution < -0.4 is 5.32 Å². The summed E-state index contributed by atoms with van der Waals surface area (Å²) < 4.78 is 6.11. The van der Waals surface area contributed by atoms with E-state index in [1.54, 1.807) is 4.90 Å². The molecule has 2 aliphatic carbocycles. The highest BCUT2D eigenvalue weighted by Crippen LogP contribution is 2.66. The van der Waals surface area contributed by atoms with Gasteiger partial charge in [-0.1, -0.05) is 40.7 Å². The van der Waals surface area contributed by atoms with E-state index in [2.05, 4.69) is 26.1 Å². The van der Waals surface area contributed by atoms with Gasteiger partial charge in [0.25, 0.3) is 0 Å². The first-order chi connectivity index (χ1) is 18.2. The number of esters is 1. The number of carbonyl (C=O) groups excluding carboxylic acids is 3. The monoisotopic (exact) mass is 544 g/mol. The second kappa shape index (κ2) is 11.0. The number of aliphatic hydroxyl groups is 1. The summed E-state index contributed by atoms with van der Waals surface area (Å²) in [5, 5.41) is 32.4. The third kappa shape index (κ3) is 5.60. The first kappa shape index (κ1) is 29.2. The summed E-state index contributed by atoms with van der Waals surface area (Å²) in [4.78, 5) is 41.5. The van der Waals surface area contributed by atoms with Crippen molar-refractivity contribution in [3.8, 4) is 11.5 Å². The number of rotatable bonds is 9. The van der Waals surface area contributed by atoms with Gasteiger partial charge in [-0.2, -0.15) is 0 Å². The molecule has 9 heteroatoms. The van der Waals surface area contributed by atoms with Crippen molar-refractivity contribution in [3.63, 3.8) is 0 Å². The fraction of sp³-hybridized carbons (Fsp3) is 0.700. The molecule has 3 fully saturated rings. The van der Waals surface area contributed by atoms with Gasteiger partial charge in [-0.3, -0.25) is 9.59 Å². The molecule has 0 spiro atoms. The summed E-state index contributed by atoms with van der Waals surface area (Å²) in [7, 11) is 0. The SMILES string of the molecule is CC(C)CC(NC(=O)C(O)Cc1ccc(O)c(O)c1)C(=O)N1CCCC1C(=O)OC1CC2CCC1(C)C2(C)C. The van der Waals surface area contributed by atoms with Gasteiger partial charge in [-0.15, -0.1) is 0 Å². The van der Waals surface area contributed by atoms with Crippen LogP contribution in [0.1, 0.15) is 78.7 Å². The normalized spacial score (nSPS) is 28.9. The minimum atomic E-state index is -1.46. The van der Waals surface area contributed by atoms with Gasteiger partial charge in [0.05, 0.1) is 0 Å². The van der Waals surface area contributed by atoms with Crippen LogP contribution >= 0.6 is 0 Å². The molecule has 1 aliphatic heterocycles. The molecule has 6 unspecified atom stereocenters. The molecule has 1 heterocycles. The number of hydrogen-bond acceptors (Lipinski definition) is 7. The summed E-state index contributed by atoms with van der Waals surface area (Å²) in [6, 6.07) is 2.49. The molecule has 216 valence electrons. The van der Waals surface area contributed by atoms with Gasteiger partial charge in [0, 0.05) is 18.4 Å². The van der Waals surface area contributed by atoms with Crippen LogP contribution in [-0.4, -0.2) is 68.8 Å². The van der Waals surface area contributed by atoms with Crippen LogP contribution in [-0.2, 0) is 25.5 Å². The Morgan fingerprint density at radius 3 is 2.44 bits per heavy atom. The lowest BCUT2D eigenvalue weighted by atomic mass is 9.70. The highest BCUT2D eigenvalue weighted by Gasteiger charge is 2.63. The maximum Gasteiger partial charge on any atom is 0.329 e. The molecule has 4 N–H and O–H groups in total. The Balaban J connectivity index is 1.41. The summed E-state index contributed by atoms with van der Waals surface area (Å²) in [5.41, 5.74) is 0.494. The zero-order valence-electron chi connectivity index (χ0n) is 23.8. The average Bonchev–Trinajstić information content (AvgIpc) is 3.49. The van der Waals surface area contributed by atoms with Crippen LogP contribution in [0.4, 0.5) is 0 Å². The fourth-order valence-electron chi connectivity index (χ4n) is 6.98. The number of likely N-dealkylation sites (tertiary alicyclic amines) is 1. The van der Waals surface area contributed by atoms with Crippen molar-refractivity contribution in [2.45, 2.75) is 104 Å². The third-order valence-corrected chi connectivity index (χ3v) is 9.87. The van der Waals surface area contributed by atoms with Gasteiger partial charge in [-0.25, -0.2) is 4.79 Å². The van der Waals surface area contributed by atoms with Crippen LogP contribution in [0.25, 0.3) is 0 Å². The topological polar surface area (TPSA) is 136 Å². The van der Waals surface area contributed by atoms with E-state index in [4.69, 9.17) is 4.74 Å². The van der Waals surface area contributed by atoms with Crippen molar-refractivity contribution in [2.24, 2.45) is 22.7 Å². The largest absolute Gasteiger partial charge is 0.504 e. The zero-order chi connectivity index (χ0) is 28.7. The van der Waals surface area contributed by atoms with E-state index in [9.17, 15) is 29.7 Å². The van der Waals surface area contributed by atoms with Crippen molar-refractivity contribution < 1.29 is 34.4 Å². The Bertz CT molecular complexity index is 1100. The van der Waals surface area contributed by atoms with Crippen LogP contribution in [0.5, 0.6) is 11.5 Å². The third-order valence-electron chi connectivity index (χ3n) is 9.87. The number of carbonyl (C=O) groups is 3. The summed E-state index contributed by atoms with van der Waals surface area (Å²) >= 11 is 0. The Morgan fingerprint density at radius 2 is 1.85 bits per heavy atom. The molecule has 2 amide bonds. The smallest absolute Gasteiger partial charge is 0.329 e. The molecule has 0 radical (unpaired) electrons. The van der Waals surface area contributed by atoms with Gasteiger partial charge >= 0.3 is 5.97 Å². The van der Waals surface area contributed by atoms with Gasteiger partial charge < -0.3 is 30.3 Å². The van der Waals surface area contributed by atoms with Gasteiger partial charge in [-0.05, 0) is 73.5 Å². The molecule has 6 atom stereocenters. The van der Waals surface area contributed by atoms with E-state index >= 15 is 0 Å². The number of hydrogen-bond donors (Lipinski definition) is 4. The van der Waals surface area contributed by atoms with E-state index in [0.29, 0.717) is 37.3 Å². The highest BCUT2D eigenvalue weighted by molar-refractivity contribution is 5.92. The molecule has 0 aromatic heterocycles. The van der Waals surface area contributed by atoms with Crippen LogP contribution in [0.3, 0.4) is 0 Å². The lowest BCUT2D eigenvalue weighted by Gasteiger charge is -2.39. The van der Waals surface area contributed by atoms with Crippen LogP contribution in [0.2, 0.25) is 0 Å². The molecule has 9 nitrogen and oxygen atoms in total. The van der Waals surface area contributed by atoms with Crippen molar-refractivity contribution in [1.29, 1.82) is 0 Å². The molecule has 1 aromatic rings. The van der Waals surface area contributed by atoms with Crippen LogP contribution in [0, 0.1) is 22.7 Å². The van der Waals surface area contributed by atoms with E-state index in [1.807, 2.05) is 13.8 Å². The summed E-state index contributed by atoms with van der Waals surface area (Å²) in [6.45, 7) is 11.0. The molecule has 39 heavy (non-hydrogen) atoms. The first-order valence-corrected chi connectivity index (χ1v) is 14.2. The second-order valence-corrected chi connectivity index (χ2v) is 13.0. The summed E-state index contributed by atoms with van der Waals surface area (Å²) in [5.74, 6) is -1.45. The number of aliphatic hydroxyl groups excluding tert-OH is 1. The fourth-order valence-corrected chi connectivity index (χ4v) is 6.98. The number of aromatic hydroxyl groups is 2. The number of phenolic OH excluding ortho intramolecular Hbond substituents is 2. The van der Waals surface area contributed by atoms with E-state index < -0.39 is 24.1 Å². The molecule has 2 bridgehead atoms. The van der Waals surface area contributed by atoms with Crippen molar-refractivity contribution in [1.82, 2.24) is 10.2 Å². The lowest BCUT2D eigenvalue weighted by Crippen LogP contribution is -2.54. The average molecular weight is 545 g/mol. The number of fused-ring (bicyclic) bond motifs is 2. The highest BCUT2D eigenvalue weighted by atomic mass is 16.5. The van der Waals surface area contributed by atoms with E-state index in [1.165, 1.54) is 18.2 Å². The minimum absolute atomic E-state index is 0.0701.